The van der Waals surface area contributed by atoms with Crippen molar-refractivity contribution in [2.24, 2.45) is 0 Å². The third-order valence-corrected chi connectivity index (χ3v) is 6.06. The Morgan fingerprint density at radius 3 is 2.64 bits per heavy atom. The molecule has 0 aliphatic carbocycles. The molecule has 1 N–H and O–H groups in total. The second-order valence-corrected chi connectivity index (χ2v) is 8.32. The Kier molecular flexibility index (Phi) is 5.91. The van der Waals surface area contributed by atoms with Crippen LogP contribution in [-0.2, 0) is 12.3 Å². The van der Waals surface area contributed by atoms with E-state index in [0.717, 1.165) is 28.0 Å². The Hall–Kier alpha value is -3.91. The van der Waals surface area contributed by atoms with Gasteiger partial charge in [-0.05, 0) is 42.0 Å². The minimum absolute atomic E-state index is 0.0996. The summed E-state index contributed by atoms with van der Waals surface area (Å²) >= 11 is 1.46. The van der Waals surface area contributed by atoms with Crippen molar-refractivity contribution in [3.05, 3.63) is 101 Å². The van der Waals surface area contributed by atoms with Gasteiger partial charge in [-0.1, -0.05) is 42.1 Å². The van der Waals surface area contributed by atoms with E-state index < -0.39 is 0 Å². The summed E-state index contributed by atoms with van der Waals surface area (Å²) in [5.74, 6) is 2.09. The number of hydrogen-bond acceptors (Lipinski definition) is 7. The summed E-state index contributed by atoms with van der Waals surface area (Å²) in [4.78, 5) is 26.4. The molecule has 33 heavy (non-hydrogen) atoms. The summed E-state index contributed by atoms with van der Waals surface area (Å²) in [5.41, 5.74) is 3.20. The van der Waals surface area contributed by atoms with Crippen LogP contribution in [0.5, 0.6) is 5.75 Å². The summed E-state index contributed by atoms with van der Waals surface area (Å²) < 4.78 is 6.76. The molecular weight excluding hydrogens is 434 g/mol. The lowest BCUT2D eigenvalue weighted by Crippen LogP contribution is -2.14. The van der Waals surface area contributed by atoms with Crippen molar-refractivity contribution in [3.8, 4) is 5.75 Å². The van der Waals surface area contributed by atoms with E-state index in [4.69, 9.17) is 14.7 Å². The fraction of sp³-hybridized carbons (Fsp3) is 0.120. The van der Waals surface area contributed by atoms with Gasteiger partial charge in [-0.15, -0.1) is 0 Å². The van der Waals surface area contributed by atoms with E-state index in [2.05, 4.69) is 10.3 Å². The Morgan fingerprint density at radius 2 is 1.79 bits per heavy atom. The van der Waals surface area contributed by atoms with Gasteiger partial charge in [0.25, 0.3) is 5.56 Å². The highest BCUT2D eigenvalue weighted by Crippen LogP contribution is 2.26. The van der Waals surface area contributed by atoms with E-state index >= 15 is 0 Å². The first-order valence-electron chi connectivity index (χ1n) is 10.4. The van der Waals surface area contributed by atoms with Crippen LogP contribution in [0, 0.1) is 0 Å². The first-order valence-corrected chi connectivity index (χ1v) is 11.4. The van der Waals surface area contributed by atoms with E-state index in [-0.39, 0.29) is 5.56 Å². The van der Waals surface area contributed by atoms with Gasteiger partial charge in [-0.25, -0.2) is 15.0 Å². The molecule has 0 bridgehead atoms. The van der Waals surface area contributed by atoms with Crippen LogP contribution < -0.4 is 15.6 Å². The summed E-state index contributed by atoms with van der Waals surface area (Å²) in [6, 6.07) is 22.9. The zero-order valence-electron chi connectivity index (χ0n) is 17.9. The lowest BCUT2D eigenvalue weighted by atomic mass is 10.2. The van der Waals surface area contributed by atoms with Gasteiger partial charge in [0.1, 0.15) is 17.2 Å². The van der Waals surface area contributed by atoms with Crippen molar-refractivity contribution < 1.29 is 4.74 Å². The smallest absolute Gasteiger partial charge is 0.258 e. The predicted octanol–water partition coefficient (Wildman–Crippen LogP) is 4.55. The van der Waals surface area contributed by atoms with Gasteiger partial charge >= 0.3 is 0 Å². The molecule has 0 radical (unpaired) electrons. The van der Waals surface area contributed by atoms with Crippen molar-refractivity contribution in [1.29, 1.82) is 0 Å². The number of pyridine rings is 1. The van der Waals surface area contributed by atoms with Crippen molar-refractivity contribution in [1.82, 2.24) is 19.4 Å². The molecule has 0 aliphatic heterocycles. The first kappa shape index (κ1) is 21.0. The van der Waals surface area contributed by atoms with Crippen LogP contribution in [0.1, 0.15) is 11.3 Å². The molecule has 8 heteroatoms. The van der Waals surface area contributed by atoms with Gasteiger partial charge in [-0.2, -0.15) is 0 Å². The van der Waals surface area contributed by atoms with E-state index in [1.807, 2.05) is 66.7 Å². The van der Waals surface area contributed by atoms with Crippen molar-refractivity contribution in [2.45, 2.75) is 17.5 Å². The number of fused-ring (bicyclic) bond motifs is 2. The number of ether oxygens (including phenoxy) is 1. The molecule has 0 atom stereocenters. The number of rotatable bonds is 7. The quantitative estimate of drug-likeness (QED) is 0.285. The average molecular weight is 456 g/mol. The number of para-hydroxylation sites is 1. The molecular formula is C25H21N5O2S. The summed E-state index contributed by atoms with van der Waals surface area (Å²) in [5, 5.41) is 5.02. The fourth-order valence-electron chi connectivity index (χ4n) is 3.50. The summed E-state index contributed by atoms with van der Waals surface area (Å²) in [6.45, 7) is 0.623. The maximum atomic E-state index is 12.4. The van der Waals surface area contributed by atoms with Crippen molar-refractivity contribution >= 4 is 34.1 Å². The molecule has 0 aliphatic rings. The molecule has 0 saturated carbocycles. The molecule has 0 fully saturated rings. The van der Waals surface area contributed by atoms with E-state index in [9.17, 15) is 4.79 Å². The zero-order valence-corrected chi connectivity index (χ0v) is 18.7. The van der Waals surface area contributed by atoms with Gasteiger partial charge < -0.3 is 10.1 Å². The van der Waals surface area contributed by atoms with Crippen molar-refractivity contribution in [2.75, 3.05) is 12.4 Å². The van der Waals surface area contributed by atoms with Crippen LogP contribution >= 0.6 is 11.8 Å². The summed E-state index contributed by atoms with van der Waals surface area (Å²) in [6.07, 6.45) is 1.72. The Bertz CT molecular complexity index is 1480. The zero-order chi connectivity index (χ0) is 22.6. The second-order valence-electron chi connectivity index (χ2n) is 7.38. The molecule has 0 spiro atoms. The molecule has 0 unspecified atom stereocenters. The van der Waals surface area contributed by atoms with Gasteiger partial charge in [-0.3, -0.25) is 9.20 Å². The molecule has 164 valence electrons. The molecule has 7 nitrogen and oxygen atoms in total. The minimum atomic E-state index is -0.0996. The van der Waals surface area contributed by atoms with Gasteiger partial charge in [0.2, 0.25) is 0 Å². The number of benzene rings is 2. The lowest BCUT2D eigenvalue weighted by Gasteiger charge is -2.11. The number of methoxy groups -OCH3 is 1. The van der Waals surface area contributed by atoms with Gasteiger partial charge in [0, 0.05) is 29.9 Å². The van der Waals surface area contributed by atoms with Crippen LogP contribution in [0.3, 0.4) is 0 Å². The second kappa shape index (κ2) is 9.30. The van der Waals surface area contributed by atoms with Crippen LogP contribution in [0.4, 0.5) is 5.82 Å². The maximum absolute atomic E-state index is 12.4. The monoisotopic (exact) mass is 455 g/mol. The number of nitrogens with zero attached hydrogens (tertiary/aromatic N) is 4. The highest BCUT2D eigenvalue weighted by Gasteiger charge is 2.10. The van der Waals surface area contributed by atoms with E-state index in [1.165, 1.54) is 16.2 Å². The Labute approximate surface area is 194 Å². The number of hydrogen-bond donors (Lipinski definition) is 1. The lowest BCUT2D eigenvalue weighted by molar-refractivity contribution is 0.414. The normalized spacial score (nSPS) is 11.1. The maximum Gasteiger partial charge on any atom is 0.258 e. The molecule has 2 aromatic carbocycles. The molecule has 0 amide bonds. The molecule has 5 aromatic rings. The minimum Gasteiger partial charge on any atom is -0.497 e. The van der Waals surface area contributed by atoms with Crippen LogP contribution in [0.15, 0.2) is 88.9 Å². The molecule has 3 aromatic heterocycles. The van der Waals surface area contributed by atoms with Crippen LogP contribution in [-0.4, -0.2) is 26.5 Å². The fourth-order valence-corrected chi connectivity index (χ4v) is 4.24. The highest BCUT2D eigenvalue weighted by molar-refractivity contribution is 7.98. The van der Waals surface area contributed by atoms with Gasteiger partial charge in [0.05, 0.1) is 18.3 Å². The van der Waals surface area contributed by atoms with Crippen molar-refractivity contribution in [3.63, 3.8) is 0 Å². The number of thioether (sulfide) groups is 1. The first-order chi connectivity index (χ1) is 16.2. The number of nitrogens with one attached hydrogen (secondary N) is 1. The summed E-state index contributed by atoms with van der Waals surface area (Å²) in [7, 11) is 1.66. The highest BCUT2D eigenvalue weighted by atomic mass is 32.2. The van der Waals surface area contributed by atoms with E-state index in [0.29, 0.717) is 28.8 Å². The number of anilines is 1. The van der Waals surface area contributed by atoms with Gasteiger partial charge in [0.15, 0.2) is 5.16 Å². The predicted molar refractivity (Wildman–Crippen MR) is 131 cm³/mol. The SMILES string of the molecule is COc1ccc(CNc2nc(SCc3cc(=O)n4ccccc4n3)nc3ccccc23)cc1. The van der Waals surface area contributed by atoms with E-state index in [1.54, 1.807) is 19.4 Å². The molecule has 3 heterocycles. The largest absolute Gasteiger partial charge is 0.497 e. The Morgan fingerprint density at radius 1 is 0.970 bits per heavy atom. The molecule has 0 saturated heterocycles. The Balaban J connectivity index is 1.38. The topological polar surface area (TPSA) is 81.4 Å². The third kappa shape index (κ3) is 4.65. The van der Waals surface area contributed by atoms with Crippen LogP contribution in [0.2, 0.25) is 0 Å². The third-order valence-electron chi connectivity index (χ3n) is 5.17. The molecule has 5 rings (SSSR count). The van der Waals surface area contributed by atoms with Crippen LogP contribution in [0.25, 0.3) is 16.6 Å². The number of aromatic nitrogens is 4. The standard InChI is InChI=1S/C25H21N5O2S/c1-32-19-11-9-17(10-12-19)15-26-24-20-6-2-3-7-21(20)28-25(29-24)33-16-18-14-23(31)30-13-5-4-8-22(30)27-18/h2-14H,15-16H2,1H3,(H,26,28,29). The average Bonchev–Trinajstić information content (AvgIpc) is 2.86.